The Balaban J connectivity index is 1.79. The van der Waals surface area contributed by atoms with E-state index in [-0.39, 0.29) is 5.91 Å². The van der Waals surface area contributed by atoms with E-state index in [0.717, 1.165) is 23.5 Å². The minimum atomic E-state index is -0.120. The third-order valence-electron chi connectivity index (χ3n) is 2.51. The van der Waals surface area contributed by atoms with Crippen molar-refractivity contribution < 1.29 is 4.79 Å². The van der Waals surface area contributed by atoms with E-state index in [1.54, 1.807) is 5.51 Å². The summed E-state index contributed by atoms with van der Waals surface area (Å²) in [5, 5.41) is 11.9. The predicted molar refractivity (Wildman–Crippen MR) is 66.7 cm³/mol. The lowest BCUT2D eigenvalue weighted by molar-refractivity contribution is 0.102. The first-order chi connectivity index (χ1) is 8.24. The summed E-state index contributed by atoms with van der Waals surface area (Å²) >= 11 is 2.76. The molecule has 0 saturated heterocycles. The summed E-state index contributed by atoms with van der Waals surface area (Å²) in [6, 6.07) is 0. The van der Waals surface area contributed by atoms with Crippen molar-refractivity contribution >= 4 is 33.7 Å². The van der Waals surface area contributed by atoms with Crippen molar-refractivity contribution in [2.45, 2.75) is 25.7 Å². The summed E-state index contributed by atoms with van der Waals surface area (Å²) in [5.74, 6) is 0.365. The molecule has 0 unspecified atom stereocenters. The van der Waals surface area contributed by atoms with Crippen molar-refractivity contribution in [3.63, 3.8) is 0 Å². The lowest BCUT2D eigenvalue weighted by atomic mass is 10.2. The second-order valence-corrected chi connectivity index (χ2v) is 5.96. The number of nitrogens with one attached hydrogen (secondary N) is 1. The zero-order chi connectivity index (χ0) is 11.8. The largest absolute Gasteiger partial charge is 0.296 e. The van der Waals surface area contributed by atoms with Gasteiger partial charge >= 0.3 is 0 Å². The Bertz CT molecular complexity index is 558. The molecule has 0 aliphatic heterocycles. The molecule has 1 fully saturated rings. The fraction of sp³-hybridized carbons (Fsp3) is 0.400. The van der Waals surface area contributed by atoms with Gasteiger partial charge in [0.2, 0.25) is 5.13 Å². The van der Waals surface area contributed by atoms with Gasteiger partial charge in [-0.1, -0.05) is 11.3 Å². The maximum Gasteiger partial charge on any atom is 0.269 e. The number of aryl methyl sites for hydroxylation is 1. The SMILES string of the molecule is Cc1nnc(NC(=O)c2scnc2C2CC2)s1. The van der Waals surface area contributed by atoms with E-state index in [2.05, 4.69) is 20.5 Å². The summed E-state index contributed by atoms with van der Waals surface area (Å²) < 4.78 is 0. The normalized spacial score (nSPS) is 14.9. The zero-order valence-corrected chi connectivity index (χ0v) is 10.8. The van der Waals surface area contributed by atoms with Crippen LogP contribution in [0.25, 0.3) is 0 Å². The smallest absolute Gasteiger partial charge is 0.269 e. The number of rotatable bonds is 3. The van der Waals surface area contributed by atoms with Crippen LogP contribution in [0.3, 0.4) is 0 Å². The molecule has 0 aromatic carbocycles. The van der Waals surface area contributed by atoms with Crippen LogP contribution in [-0.4, -0.2) is 21.1 Å². The molecule has 1 N–H and O–H groups in total. The van der Waals surface area contributed by atoms with Gasteiger partial charge in [0, 0.05) is 5.92 Å². The maximum absolute atomic E-state index is 12.0. The second-order valence-electron chi connectivity index (χ2n) is 3.92. The number of hydrogen-bond donors (Lipinski definition) is 1. The van der Waals surface area contributed by atoms with E-state index >= 15 is 0 Å². The van der Waals surface area contributed by atoms with Crippen LogP contribution in [0, 0.1) is 6.92 Å². The molecule has 2 aromatic heterocycles. The van der Waals surface area contributed by atoms with Crippen LogP contribution in [0.2, 0.25) is 0 Å². The molecule has 0 atom stereocenters. The molecular weight excluding hydrogens is 256 g/mol. The predicted octanol–water partition coefficient (Wildman–Crippen LogP) is 2.43. The van der Waals surface area contributed by atoms with E-state index in [9.17, 15) is 4.79 Å². The van der Waals surface area contributed by atoms with Crippen molar-refractivity contribution in [1.29, 1.82) is 0 Å². The number of aromatic nitrogens is 3. The van der Waals surface area contributed by atoms with Gasteiger partial charge in [0.05, 0.1) is 11.2 Å². The second kappa shape index (κ2) is 4.15. The first-order valence-electron chi connectivity index (χ1n) is 5.29. The highest BCUT2D eigenvalue weighted by Crippen LogP contribution is 2.41. The van der Waals surface area contributed by atoms with Crippen molar-refractivity contribution in [3.05, 3.63) is 21.1 Å². The molecule has 0 spiro atoms. The molecule has 1 aliphatic carbocycles. The van der Waals surface area contributed by atoms with Gasteiger partial charge in [0.15, 0.2) is 0 Å². The Morgan fingerprint density at radius 1 is 1.47 bits per heavy atom. The number of thiazole rings is 1. The third-order valence-corrected chi connectivity index (χ3v) is 4.11. The molecule has 5 nitrogen and oxygen atoms in total. The molecule has 1 amide bonds. The lowest BCUT2D eigenvalue weighted by Crippen LogP contribution is -2.12. The summed E-state index contributed by atoms with van der Waals surface area (Å²) in [7, 11) is 0. The summed E-state index contributed by atoms with van der Waals surface area (Å²) in [5.41, 5.74) is 2.67. The highest BCUT2D eigenvalue weighted by Gasteiger charge is 2.30. The number of carbonyl (C=O) groups is 1. The fourth-order valence-corrected chi connectivity index (χ4v) is 2.93. The van der Waals surface area contributed by atoms with Crippen LogP contribution in [0.1, 0.15) is 39.1 Å². The van der Waals surface area contributed by atoms with Crippen molar-refractivity contribution in [3.8, 4) is 0 Å². The summed E-state index contributed by atoms with van der Waals surface area (Å²) in [6.45, 7) is 1.86. The number of nitrogens with zero attached hydrogens (tertiary/aromatic N) is 3. The quantitative estimate of drug-likeness (QED) is 0.926. The van der Waals surface area contributed by atoms with E-state index in [4.69, 9.17) is 0 Å². The molecule has 3 rings (SSSR count). The highest BCUT2D eigenvalue weighted by molar-refractivity contribution is 7.15. The van der Waals surface area contributed by atoms with Crippen molar-refractivity contribution in [2.75, 3.05) is 5.32 Å². The maximum atomic E-state index is 12.0. The zero-order valence-electron chi connectivity index (χ0n) is 9.14. The Morgan fingerprint density at radius 2 is 2.29 bits per heavy atom. The Labute approximate surface area is 106 Å². The third kappa shape index (κ3) is 2.20. The van der Waals surface area contributed by atoms with Gasteiger partial charge in [0.1, 0.15) is 9.88 Å². The standard InChI is InChI=1S/C10H10N4OS2/c1-5-13-14-10(17-5)12-9(15)8-7(6-2-3-6)11-4-16-8/h4,6H,2-3H2,1H3,(H,12,14,15). The van der Waals surface area contributed by atoms with E-state index in [1.807, 2.05) is 6.92 Å². The van der Waals surface area contributed by atoms with Crippen LogP contribution in [0.4, 0.5) is 5.13 Å². The topological polar surface area (TPSA) is 67.8 Å². The lowest BCUT2D eigenvalue weighted by Gasteiger charge is -2.00. The van der Waals surface area contributed by atoms with Crippen LogP contribution < -0.4 is 5.32 Å². The minimum absolute atomic E-state index is 0.120. The monoisotopic (exact) mass is 266 g/mol. The highest BCUT2D eigenvalue weighted by atomic mass is 32.1. The van der Waals surface area contributed by atoms with Gasteiger partial charge in [-0.3, -0.25) is 10.1 Å². The molecule has 0 radical (unpaired) electrons. The molecule has 7 heteroatoms. The summed E-state index contributed by atoms with van der Waals surface area (Å²) in [6.07, 6.45) is 2.28. The number of carbonyl (C=O) groups excluding carboxylic acids is 1. The Hall–Kier alpha value is -1.34. The summed E-state index contributed by atoms with van der Waals surface area (Å²) in [4.78, 5) is 17.0. The molecule has 2 heterocycles. The van der Waals surface area contributed by atoms with Gasteiger partial charge in [0.25, 0.3) is 5.91 Å². The fourth-order valence-electron chi connectivity index (χ4n) is 1.57. The number of anilines is 1. The minimum Gasteiger partial charge on any atom is -0.296 e. The first-order valence-corrected chi connectivity index (χ1v) is 6.98. The number of hydrogen-bond acceptors (Lipinski definition) is 6. The molecule has 17 heavy (non-hydrogen) atoms. The van der Waals surface area contributed by atoms with E-state index < -0.39 is 0 Å². The Kier molecular flexibility index (Phi) is 2.64. The molecule has 2 aromatic rings. The van der Waals surface area contributed by atoms with E-state index in [0.29, 0.717) is 15.9 Å². The van der Waals surface area contributed by atoms with Crippen LogP contribution in [0.15, 0.2) is 5.51 Å². The average Bonchev–Trinajstić information content (AvgIpc) is 2.88. The van der Waals surface area contributed by atoms with E-state index in [1.165, 1.54) is 22.7 Å². The van der Waals surface area contributed by atoms with Gasteiger partial charge in [-0.05, 0) is 19.8 Å². The van der Waals surface area contributed by atoms with Crippen LogP contribution in [0.5, 0.6) is 0 Å². The van der Waals surface area contributed by atoms with Crippen molar-refractivity contribution in [2.24, 2.45) is 0 Å². The Morgan fingerprint density at radius 3 is 2.94 bits per heavy atom. The molecule has 1 saturated carbocycles. The average molecular weight is 266 g/mol. The molecular formula is C10H10N4OS2. The van der Waals surface area contributed by atoms with Gasteiger partial charge in [-0.2, -0.15) is 0 Å². The van der Waals surface area contributed by atoms with Gasteiger partial charge in [-0.25, -0.2) is 4.98 Å². The molecule has 1 aliphatic rings. The van der Waals surface area contributed by atoms with Crippen molar-refractivity contribution in [1.82, 2.24) is 15.2 Å². The van der Waals surface area contributed by atoms with Crippen LogP contribution in [-0.2, 0) is 0 Å². The molecule has 88 valence electrons. The van der Waals surface area contributed by atoms with Gasteiger partial charge < -0.3 is 0 Å². The van der Waals surface area contributed by atoms with Crippen LogP contribution >= 0.6 is 22.7 Å². The molecule has 0 bridgehead atoms. The number of amides is 1. The van der Waals surface area contributed by atoms with Gasteiger partial charge in [-0.15, -0.1) is 21.5 Å². The first kappa shape index (κ1) is 10.8.